The van der Waals surface area contributed by atoms with Crippen molar-refractivity contribution in [3.8, 4) is 0 Å². The van der Waals surface area contributed by atoms with Crippen LogP contribution in [0, 0.1) is 11.3 Å². The molecule has 0 aromatic carbocycles. The van der Waals surface area contributed by atoms with E-state index in [0.29, 0.717) is 12.3 Å². The maximum absolute atomic E-state index is 14.1. The van der Waals surface area contributed by atoms with Crippen molar-refractivity contribution in [3.63, 3.8) is 0 Å². The molecule has 0 heterocycles. The van der Waals surface area contributed by atoms with Gasteiger partial charge in [0, 0.05) is 0 Å². The van der Waals surface area contributed by atoms with Crippen LogP contribution in [0.5, 0.6) is 0 Å². The van der Waals surface area contributed by atoms with E-state index in [1.54, 1.807) is 0 Å². The minimum absolute atomic E-state index is 0.126. The molecule has 0 spiro atoms. The number of allylic oxidation sites excluding steroid dienone is 11. The van der Waals surface area contributed by atoms with Gasteiger partial charge in [-0.2, -0.15) is 0 Å². The van der Waals surface area contributed by atoms with E-state index in [1.165, 1.54) is 35.1 Å². The molecule has 0 amide bonds. The highest BCUT2D eigenvalue weighted by atomic mass is 32.2. The standard InChI is InChI=1S/C40H66O3SSi/c1-32(2)19-16-20-33(3)21-17-22-34(4)25-27-37(44(41,42)36-23-14-12-13-15-24-36)31-35(5)26-28-38-39(6,7)29-18-30-40(38,8)43-45(9,10)11/h12-15,19,21,23-25,31,36-38H,16-18,20,22,26-30H2,1-11H3/b33-21+,34-25+,35-31+/t37?,38-,40-/m0/s1. The topological polar surface area (TPSA) is 43.4 Å². The molecule has 0 N–H and O–H groups in total. The molecule has 3 atom stereocenters. The zero-order valence-corrected chi connectivity index (χ0v) is 32.5. The smallest absolute Gasteiger partial charge is 0.184 e. The lowest BCUT2D eigenvalue weighted by atomic mass is 9.60. The summed E-state index contributed by atoms with van der Waals surface area (Å²) in [5, 5.41) is -1.18. The van der Waals surface area contributed by atoms with E-state index in [0.717, 1.165) is 44.9 Å². The molecule has 0 aromatic heterocycles. The summed E-state index contributed by atoms with van der Waals surface area (Å²) in [6.07, 6.45) is 30.1. The second-order valence-electron chi connectivity index (χ2n) is 15.9. The molecular weight excluding hydrogens is 589 g/mol. The van der Waals surface area contributed by atoms with Crippen LogP contribution < -0.4 is 0 Å². The van der Waals surface area contributed by atoms with Gasteiger partial charge in [-0.1, -0.05) is 103 Å². The van der Waals surface area contributed by atoms with Crippen molar-refractivity contribution in [2.45, 2.75) is 155 Å². The first-order chi connectivity index (χ1) is 20.9. The summed E-state index contributed by atoms with van der Waals surface area (Å²) in [7, 11) is -5.20. The van der Waals surface area contributed by atoms with E-state index >= 15 is 0 Å². The van der Waals surface area contributed by atoms with Gasteiger partial charge >= 0.3 is 0 Å². The minimum Gasteiger partial charge on any atom is -0.412 e. The summed E-state index contributed by atoms with van der Waals surface area (Å²) in [5.74, 6) is 0.434. The molecule has 2 aliphatic carbocycles. The lowest BCUT2D eigenvalue weighted by Gasteiger charge is -2.53. The average Bonchev–Trinajstić information content (AvgIpc) is 3.19. The van der Waals surface area contributed by atoms with Crippen molar-refractivity contribution in [3.05, 3.63) is 83.1 Å². The molecule has 0 aromatic rings. The summed E-state index contributed by atoms with van der Waals surface area (Å²) < 4.78 is 35.0. The van der Waals surface area contributed by atoms with Gasteiger partial charge in [-0.05, 0) is 130 Å². The summed E-state index contributed by atoms with van der Waals surface area (Å²) >= 11 is 0. The van der Waals surface area contributed by atoms with E-state index in [2.05, 4.69) is 99.3 Å². The Morgan fingerprint density at radius 1 is 0.822 bits per heavy atom. The van der Waals surface area contributed by atoms with Crippen LogP contribution in [0.1, 0.15) is 120 Å². The third kappa shape index (κ3) is 13.5. The molecule has 3 nitrogen and oxygen atoms in total. The second-order valence-corrected chi connectivity index (χ2v) is 22.7. The van der Waals surface area contributed by atoms with Crippen molar-refractivity contribution >= 4 is 18.2 Å². The van der Waals surface area contributed by atoms with Crippen LogP contribution in [0.2, 0.25) is 19.6 Å². The Morgan fingerprint density at radius 2 is 1.40 bits per heavy atom. The summed E-state index contributed by atoms with van der Waals surface area (Å²) in [4.78, 5) is 0. The Hall–Kier alpha value is -1.69. The molecule has 1 fully saturated rings. The highest BCUT2D eigenvalue weighted by Crippen LogP contribution is 2.51. The third-order valence-corrected chi connectivity index (χ3v) is 12.9. The van der Waals surface area contributed by atoms with Gasteiger partial charge in [-0.15, -0.1) is 0 Å². The molecule has 0 aliphatic heterocycles. The first kappa shape index (κ1) is 39.5. The summed E-state index contributed by atoms with van der Waals surface area (Å²) in [5.41, 5.74) is 5.28. The van der Waals surface area contributed by atoms with Crippen LogP contribution in [0.4, 0.5) is 0 Å². The van der Waals surface area contributed by atoms with Gasteiger partial charge in [0.05, 0.1) is 16.1 Å². The van der Waals surface area contributed by atoms with Crippen LogP contribution in [0.25, 0.3) is 0 Å². The molecule has 0 saturated heterocycles. The average molecular weight is 655 g/mol. The van der Waals surface area contributed by atoms with E-state index < -0.39 is 28.7 Å². The SMILES string of the molecule is CC(C)=CCC/C(C)=C/CC/C(C)=C/CC(/C=C(\C)CC[C@H]1C(C)(C)CCC[C@]1(C)O[Si](C)(C)C)S(=O)(=O)C1C=CC=CC=C1. The molecule has 1 saturated carbocycles. The lowest BCUT2D eigenvalue weighted by Crippen LogP contribution is -2.53. The Balaban J connectivity index is 2.25. The summed E-state index contributed by atoms with van der Waals surface area (Å²) in [6, 6.07) is 0. The highest BCUT2D eigenvalue weighted by molar-refractivity contribution is 7.93. The molecule has 1 unspecified atom stereocenters. The fourth-order valence-corrected chi connectivity index (χ4v) is 10.7. The van der Waals surface area contributed by atoms with Gasteiger partial charge < -0.3 is 4.43 Å². The Bertz CT molecular complexity index is 1260. The van der Waals surface area contributed by atoms with Crippen LogP contribution in [-0.4, -0.2) is 32.8 Å². The second kappa shape index (κ2) is 17.5. The third-order valence-electron chi connectivity index (χ3n) is 9.57. The van der Waals surface area contributed by atoms with Gasteiger partial charge in [-0.3, -0.25) is 0 Å². The molecule has 2 rings (SSSR count). The van der Waals surface area contributed by atoms with E-state index in [4.69, 9.17) is 4.43 Å². The number of rotatable bonds is 16. The predicted octanol–water partition coefficient (Wildman–Crippen LogP) is 11.8. The normalized spacial score (nSPS) is 24.1. The van der Waals surface area contributed by atoms with Crippen molar-refractivity contribution in [2.75, 3.05) is 0 Å². The Morgan fingerprint density at radius 3 is 1.98 bits per heavy atom. The van der Waals surface area contributed by atoms with Gasteiger partial charge in [0.15, 0.2) is 18.2 Å². The maximum atomic E-state index is 14.1. The fourth-order valence-electron chi connectivity index (χ4n) is 7.27. The summed E-state index contributed by atoms with van der Waals surface area (Å²) in [6.45, 7) is 24.8. The molecule has 45 heavy (non-hydrogen) atoms. The predicted molar refractivity (Wildman–Crippen MR) is 201 cm³/mol. The molecule has 2 aliphatic rings. The quantitative estimate of drug-likeness (QED) is 0.123. The zero-order chi connectivity index (χ0) is 33.9. The first-order valence-electron chi connectivity index (χ1n) is 17.4. The van der Waals surface area contributed by atoms with Crippen LogP contribution in [-0.2, 0) is 14.3 Å². The van der Waals surface area contributed by atoms with Crippen molar-refractivity contribution in [1.82, 2.24) is 0 Å². The monoisotopic (exact) mass is 654 g/mol. The molecule has 5 heteroatoms. The highest BCUT2D eigenvalue weighted by Gasteiger charge is 2.48. The molecule has 0 bridgehead atoms. The number of hydrogen-bond donors (Lipinski definition) is 0. The van der Waals surface area contributed by atoms with Crippen LogP contribution in [0.3, 0.4) is 0 Å². The van der Waals surface area contributed by atoms with E-state index in [9.17, 15) is 8.42 Å². The van der Waals surface area contributed by atoms with Crippen molar-refractivity contribution < 1.29 is 12.8 Å². The molecular formula is C40H66O3SSi. The largest absolute Gasteiger partial charge is 0.412 e. The zero-order valence-electron chi connectivity index (χ0n) is 30.7. The minimum atomic E-state index is -3.47. The Labute approximate surface area is 279 Å². The van der Waals surface area contributed by atoms with Crippen molar-refractivity contribution in [2.24, 2.45) is 11.3 Å². The molecule has 0 radical (unpaired) electrons. The first-order valence-corrected chi connectivity index (χ1v) is 22.4. The van der Waals surface area contributed by atoms with Gasteiger partial charge in [0.2, 0.25) is 0 Å². The van der Waals surface area contributed by atoms with Crippen molar-refractivity contribution in [1.29, 1.82) is 0 Å². The number of hydrogen-bond acceptors (Lipinski definition) is 3. The Kier molecular flexibility index (Phi) is 15.3. The van der Waals surface area contributed by atoms with E-state index in [1.807, 2.05) is 36.5 Å². The van der Waals surface area contributed by atoms with Gasteiger partial charge in [-0.25, -0.2) is 8.42 Å². The lowest BCUT2D eigenvalue weighted by molar-refractivity contribution is -0.0786. The van der Waals surface area contributed by atoms with E-state index in [-0.39, 0.29) is 11.0 Å². The fraction of sp³-hybridized carbons (Fsp3) is 0.650. The maximum Gasteiger partial charge on any atom is 0.184 e. The van der Waals surface area contributed by atoms with Crippen LogP contribution >= 0.6 is 0 Å². The van der Waals surface area contributed by atoms with Crippen LogP contribution in [0.15, 0.2) is 83.1 Å². The van der Waals surface area contributed by atoms with Gasteiger partial charge in [0.1, 0.15) is 0 Å². The number of sulfone groups is 1. The van der Waals surface area contributed by atoms with Gasteiger partial charge in [0.25, 0.3) is 0 Å². The molecule has 254 valence electrons.